The third kappa shape index (κ3) is 5.34. The lowest BCUT2D eigenvalue weighted by Crippen LogP contribution is -2.42. The average Bonchev–Trinajstić information content (AvgIpc) is 2.82. The van der Waals surface area contributed by atoms with Gasteiger partial charge in [-0.1, -0.05) is 74.9 Å². The van der Waals surface area contributed by atoms with Gasteiger partial charge in [-0.05, 0) is 42.7 Å². The van der Waals surface area contributed by atoms with Crippen LogP contribution in [0.5, 0.6) is 0 Å². The molecule has 184 valence electrons. The van der Waals surface area contributed by atoms with Gasteiger partial charge in [0.05, 0.1) is 24.0 Å². The summed E-state index contributed by atoms with van der Waals surface area (Å²) in [6.07, 6.45) is 11.0. The summed E-state index contributed by atoms with van der Waals surface area (Å²) >= 11 is 0. The van der Waals surface area contributed by atoms with Crippen LogP contribution in [0.1, 0.15) is 68.2 Å². The summed E-state index contributed by atoms with van der Waals surface area (Å²) in [5, 5.41) is 0. The molecule has 0 amide bonds. The molecular formula is C30H36N2O3. The number of pyridine rings is 1. The molecule has 2 aromatic rings. The van der Waals surface area contributed by atoms with Crippen LogP contribution in [0.15, 0.2) is 76.8 Å². The molecule has 1 aliphatic carbocycles. The van der Waals surface area contributed by atoms with E-state index in [9.17, 15) is 9.59 Å². The molecule has 5 heteroatoms. The van der Waals surface area contributed by atoms with E-state index in [1.165, 1.54) is 16.7 Å². The molecular weight excluding hydrogens is 436 g/mol. The van der Waals surface area contributed by atoms with Crippen LogP contribution in [0.3, 0.4) is 0 Å². The summed E-state index contributed by atoms with van der Waals surface area (Å²) in [5.41, 5.74) is 5.56. The number of carbonyl (C=O) groups is 1. The normalized spacial score (nSPS) is 19.9. The first kappa shape index (κ1) is 24.8. The van der Waals surface area contributed by atoms with Crippen LogP contribution in [0, 0.1) is 5.41 Å². The van der Waals surface area contributed by atoms with Gasteiger partial charge in [-0.15, -0.1) is 0 Å². The number of ether oxygens (including phenoxy) is 1. The van der Waals surface area contributed by atoms with Crippen molar-refractivity contribution in [3.63, 3.8) is 0 Å². The van der Waals surface area contributed by atoms with Crippen LogP contribution in [0.4, 0.5) is 0 Å². The lowest BCUT2D eigenvalue weighted by molar-refractivity contribution is 0.0522. The van der Waals surface area contributed by atoms with E-state index in [4.69, 9.17) is 4.74 Å². The van der Waals surface area contributed by atoms with Gasteiger partial charge in [0.2, 0.25) is 0 Å². The molecule has 1 aromatic carbocycles. The quantitative estimate of drug-likeness (QED) is 0.517. The van der Waals surface area contributed by atoms with Crippen LogP contribution < -0.4 is 5.43 Å². The predicted molar refractivity (Wildman–Crippen MR) is 141 cm³/mol. The number of hydrogen-bond acceptors (Lipinski definition) is 4. The van der Waals surface area contributed by atoms with Crippen molar-refractivity contribution >= 4 is 11.7 Å². The van der Waals surface area contributed by atoms with Crippen molar-refractivity contribution in [3.8, 4) is 0 Å². The highest BCUT2D eigenvalue weighted by Gasteiger charge is 2.36. The topological polar surface area (TPSA) is 51.5 Å². The third-order valence-corrected chi connectivity index (χ3v) is 6.91. The Bertz CT molecular complexity index is 1240. The van der Waals surface area contributed by atoms with E-state index in [0.29, 0.717) is 0 Å². The molecule has 0 saturated carbocycles. The van der Waals surface area contributed by atoms with Gasteiger partial charge in [0.1, 0.15) is 5.56 Å². The van der Waals surface area contributed by atoms with E-state index in [1.807, 2.05) is 6.07 Å². The van der Waals surface area contributed by atoms with Gasteiger partial charge < -0.3 is 14.2 Å². The van der Waals surface area contributed by atoms with E-state index in [1.54, 1.807) is 19.2 Å². The van der Waals surface area contributed by atoms with Gasteiger partial charge >= 0.3 is 5.97 Å². The van der Waals surface area contributed by atoms with Crippen molar-refractivity contribution in [2.45, 2.75) is 53.0 Å². The number of aromatic nitrogens is 1. The molecule has 1 atom stereocenters. The van der Waals surface area contributed by atoms with Crippen molar-refractivity contribution < 1.29 is 9.53 Å². The summed E-state index contributed by atoms with van der Waals surface area (Å²) in [7, 11) is 2.10. The van der Waals surface area contributed by atoms with Crippen molar-refractivity contribution in [1.29, 1.82) is 0 Å². The Balaban J connectivity index is 1.74. The molecule has 0 saturated heterocycles. The predicted octanol–water partition coefficient (Wildman–Crippen LogP) is 5.79. The van der Waals surface area contributed by atoms with E-state index in [2.05, 4.69) is 79.8 Å². The highest BCUT2D eigenvalue weighted by atomic mass is 16.5. The van der Waals surface area contributed by atoms with Gasteiger partial charge in [0, 0.05) is 25.9 Å². The molecule has 0 bridgehead atoms. The molecule has 2 aliphatic rings. The minimum atomic E-state index is -0.558. The zero-order chi connectivity index (χ0) is 25.2. The molecule has 1 unspecified atom stereocenters. The van der Waals surface area contributed by atoms with Gasteiger partial charge in [-0.3, -0.25) is 4.79 Å². The van der Waals surface area contributed by atoms with Crippen molar-refractivity contribution in [3.05, 3.63) is 99.0 Å². The van der Waals surface area contributed by atoms with Crippen molar-refractivity contribution in [2.24, 2.45) is 5.41 Å². The van der Waals surface area contributed by atoms with Crippen LogP contribution in [0.25, 0.3) is 5.70 Å². The third-order valence-electron chi connectivity index (χ3n) is 6.91. The largest absolute Gasteiger partial charge is 0.462 e. The number of benzene rings is 1. The number of carbonyl (C=O) groups excluding carboxylic acids is 1. The van der Waals surface area contributed by atoms with Gasteiger partial charge in [0.15, 0.2) is 5.43 Å². The molecule has 1 aromatic heterocycles. The zero-order valence-electron chi connectivity index (χ0n) is 21.5. The summed E-state index contributed by atoms with van der Waals surface area (Å²) in [6, 6.07) is 12.3. The number of esters is 1. The lowest BCUT2D eigenvalue weighted by Gasteiger charge is -2.44. The van der Waals surface area contributed by atoms with Gasteiger partial charge in [-0.25, -0.2) is 4.79 Å². The number of rotatable bonds is 5. The van der Waals surface area contributed by atoms with Crippen LogP contribution in [-0.2, 0) is 11.2 Å². The zero-order valence-corrected chi connectivity index (χ0v) is 21.5. The number of hydrogen-bond donors (Lipinski definition) is 0. The summed E-state index contributed by atoms with van der Waals surface area (Å²) in [5.74, 6) is -0.558. The number of allylic oxidation sites excluding steroid dienone is 5. The maximum atomic E-state index is 13.0. The molecule has 0 radical (unpaired) electrons. The molecule has 4 rings (SSSR count). The van der Waals surface area contributed by atoms with E-state index in [0.717, 1.165) is 37.2 Å². The fourth-order valence-electron chi connectivity index (χ4n) is 5.04. The molecule has 35 heavy (non-hydrogen) atoms. The molecule has 5 nitrogen and oxygen atoms in total. The average molecular weight is 473 g/mol. The van der Waals surface area contributed by atoms with Crippen LogP contribution in [-0.4, -0.2) is 35.6 Å². The molecule has 0 N–H and O–H groups in total. The van der Waals surface area contributed by atoms with E-state index in [-0.39, 0.29) is 29.1 Å². The molecule has 0 fully saturated rings. The first-order valence-electron chi connectivity index (χ1n) is 12.5. The van der Waals surface area contributed by atoms with E-state index >= 15 is 0 Å². The number of aryl methyl sites for hydroxylation is 1. The Labute approximate surface area is 208 Å². The lowest BCUT2D eigenvalue weighted by atomic mass is 9.83. The Hall–Kier alpha value is -3.34. The molecule has 2 heterocycles. The van der Waals surface area contributed by atoms with E-state index < -0.39 is 5.97 Å². The van der Waals surface area contributed by atoms with Gasteiger partial charge in [0.25, 0.3) is 0 Å². The summed E-state index contributed by atoms with van der Waals surface area (Å²) in [4.78, 5) is 27.8. The number of likely N-dealkylation sites (N-methyl/N-ethyl adjacent to an activating group) is 1. The highest BCUT2D eigenvalue weighted by Crippen LogP contribution is 2.41. The summed E-state index contributed by atoms with van der Waals surface area (Å²) < 4.78 is 7.30. The second-order valence-electron chi connectivity index (χ2n) is 10.5. The van der Waals surface area contributed by atoms with Crippen molar-refractivity contribution in [2.75, 3.05) is 20.2 Å². The maximum Gasteiger partial charge on any atom is 0.343 e. The first-order chi connectivity index (χ1) is 16.7. The SMILES string of the molecule is CCOC(=O)c1cn2c(cc1=O)/C(=C1\C=CC=C(CCc3ccccc3)C1)N(C)CC2C(C)(C)C. The Kier molecular flexibility index (Phi) is 7.15. The van der Waals surface area contributed by atoms with Crippen molar-refractivity contribution in [1.82, 2.24) is 9.47 Å². The highest BCUT2D eigenvalue weighted by molar-refractivity contribution is 5.89. The molecule has 1 aliphatic heterocycles. The first-order valence-corrected chi connectivity index (χ1v) is 12.5. The Morgan fingerprint density at radius 2 is 1.89 bits per heavy atom. The smallest absolute Gasteiger partial charge is 0.343 e. The monoisotopic (exact) mass is 472 g/mol. The number of nitrogens with zero attached hydrogens (tertiary/aromatic N) is 2. The fraction of sp³-hybridized carbons (Fsp3) is 0.400. The molecule has 0 spiro atoms. The number of fused-ring (bicyclic) bond motifs is 1. The fourth-order valence-corrected chi connectivity index (χ4v) is 5.04. The summed E-state index contributed by atoms with van der Waals surface area (Å²) in [6.45, 7) is 9.37. The minimum absolute atomic E-state index is 0.0661. The van der Waals surface area contributed by atoms with Crippen LogP contribution >= 0.6 is 0 Å². The van der Waals surface area contributed by atoms with Gasteiger partial charge in [-0.2, -0.15) is 0 Å². The Morgan fingerprint density at radius 1 is 1.14 bits per heavy atom. The minimum Gasteiger partial charge on any atom is -0.462 e. The second kappa shape index (κ2) is 10.1. The van der Waals surface area contributed by atoms with Crippen LogP contribution in [0.2, 0.25) is 0 Å². The standard InChI is InChI=1S/C30H36N2O3/c1-6-35-29(34)24-19-32-25(18-26(24)33)28(31(5)20-27(32)30(2,3)4)23-14-10-13-22(17-23)16-15-21-11-8-7-9-12-21/h7-14,18-19,27H,6,15-17,20H2,1-5H3/b28-23-. The maximum absolute atomic E-state index is 13.0. The Morgan fingerprint density at radius 3 is 2.57 bits per heavy atom. The second-order valence-corrected chi connectivity index (χ2v) is 10.5.